The Hall–Kier alpha value is -3.07. The number of benzene rings is 3. The summed E-state index contributed by atoms with van der Waals surface area (Å²) in [6, 6.07) is 9.94. The number of allylic oxidation sites excluding steroid dienone is 1. The molecule has 1 aliphatic heterocycles. The van der Waals surface area contributed by atoms with Gasteiger partial charge in [0.2, 0.25) is 0 Å². The zero-order valence-corrected chi connectivity index (χ0v) is 20.0. The van der Waals surface area contributed by atoms with Gasteiger partial charge < -0.3 is 14.6 Å². The average Bonchev–Trinajstić information content (AvgIpc) is 3.72. The Kier molecular flexibility index (Phi) is 7.16. The van der Waals surface area contributed by atoms with E-state index in [1.54, 1.807) is 6.07 Å². The van der Waals surface area contributed by atoms with Gasteiger partial charge >= 0.3 is 0 Å². The van der Waals surface area contributed by atoms with Crippen LogP contribution in [0, 0.1) is 29.1 Å². The standard InChI is InChI=1S/C29H25F5O3/c1-15(35)20-8-5-18(26(31)27(20)32)13-36-19-6-2-16(3-7-19)17-4-9-21(24(30)12-17)22-10-11-23(25-14-37-25)29(34)28(22)33/h2,4-5,8-12,15,19,25,35H,3,6-7,13-14H2,1H3. The molecule has 1 saturated heterocycles. The summed E-state index contributed by atoms with van der Waals surface area (Å²) in [5.74, 6) is -4.90. The normalized spacial score (nSPS) is 20.0. The molecule has 1 N–H and O–H groups in total. The monoisotopic (exact) mass is 516 g/mol. The lowest BCUT2D eigenvalue weighted by Crippen LogP contribution is -2.16. The van der Waals surface area contributed by atoms with Crippen molar-refractivity contribution >= 4 is 5.57 Å². The summed E-state index contributed by atoms with van der Waals surface area (Å²) in [5.41, 5.74) is 1.42. The highest BCUT2D eigenvalue weighted by Crippen LogP contribution is 2.37. The largest absolute Gasteiger partial charge is 0.389 e. The van der Waals surface area contributed by atoms with Gasteiger partial charge in [-0.05, 0) is 43.4 Å². The first-order valence-electron chi connectivity index (χ1n) is 12.1. The van der Waals surface area contributed by atoms with Crippen molar-refractivity contribution in [2.24, 2.45) is 0 Å². The number of hydrogen-bond acceptors (Lipinski definition) is 3. The topological polar surface area (TPSA) is 42.0 Å². The second-order valence-electron chi connectivity index (χ2n) is 9.40. The number of aliphatic hydroxyl groups is 1. The van der Waals surface area contributed by atoms with E-state index >= 15 is 0 Å². The van der Waals surface area contributed by atoms with E-state index in [0.29, 0.717) is 31.4 Å². The van der Waals surface area contributed by atoms with E-state index in [-0.39, 0.29) is 40.5 Å². The second-order valence-corrected chi connectivity index (χ2v) is 9.40. The first kappa shape index (κ1) is 25.6. The summed E-state index contributed by atoms with van der Waals surface area (Å²) in [7, 11) is 0. The molecule has 5 rings (SSSR count). The van der Waals surface area contributed by atoms with Gasteiger partial charge in [-0.3, -0.25) is 0 Å². The van der Waals surface area contributed by atoms with E-state index in [9.17, 15) is 27.1 Å². The fourth-order valence-corrected chi connectivity index (χ4v) is 4.65. The van der Waals surface area contributed by atoms with Gasteiger partial charge in [0.15, 0.2) is 23.3 Å². The van der Waals surface area contributed by atoms with Crippen molar-refractivity contribution in [3.05, 3.63) is 99.9 Å². The van der Waals surface area contributed by atoms with Crippen molar-refractivity contribution in [1.82, 2.24) is 0 Å². The highest BCUT2D eigenvalue weighted by atomic mass is 19.2. The lowest BCUT2D eigenvalue weighted by Gasteiger charge is -2.23. The lowest BCUT2D eigenvalue weighted by molar-refractivity contribution is 0.0341. The van der Waals surface area contributed by atoms with Crippen LogP contribution in [0.2, 0.25) is 0 Å². The summed E-state index contributed by atoms with van der Waals surface area (Å²) < 4.78 is 83.2. The number of rotatable bonds is 7. The minimum absolute atomic E-state index is 0.0306. The quantitative estimate of drug-likeness (QED) is 0.264. The Morgan fingerprint density at radius 3 is 2.35 bits per heavy atom. The third-order valence-corrected chi connectivity index (χ3v) is 6.90. The molecule has 3 aromatic carbocycles. The molecular weight excluding hydrogens is 491 g/mol. The van der Waals surface area contributed by atoms with Crippen LogP contribution < -0.4 is 0 Å². The van der Waals surface area contributed by atoms with Gasteiger partial charge in [-0.2, -0.15) is 0 Å². The third kappa shape index (κ3) is 5.19. The highest BCUT2D eigenvalue weighted by Gasteiger charge is 2.30. The molecule has 0 radical (unpaired) electrons. The molecule has 0 amide bonds. The van der Waals surface area contributed by atoms with Crippen molar-refractivity contribution in [1.29, 1.82) is 0 Å². The molecule has 3 nitrogen and oxygen atoms in total. The second kappa shape index (κ2) is 10.4. The summed E-state index contributed by atoms with van der Waals surface area (Å²) in [6.45, 7) is 1.58. The number of halogens is 5. The molecule has 194 valence electrons. The van der Waals surface area contributed by atoms with Crippen molar-refractivity contribution < 1.29 is 36.5 Å². The molecule has 1 aliphatic carbocycles. The molecule has 0 spiro atoms. The van der Waals surface area contributed by atoms with E-state index < -0.39 is 41.3 Å². The first-order chi connectivity index (χ1) is 17.7. The molecule has 2 aliphatic rings. The molecule has 0 saturated carbocycles. The van der Waals surface area contributed by atoms with Gasteiger partial charge in [-0.1, -0.05) is 42.5 Å². The van der Waals surface area contributed by atoms with Crippen molar-refractivity contribution in [3.8, 4) is 11.1 Å². The highest BCUT2D eigenvalue weighted by molar-refractivity contribution is 5.72. The maximum atomic E-state index is 15.0. The molecule has 37 heavy (non-hydrogen) atoms. The summed E-state index contributed by atoms with van der Waals surface area (Å²) in [4.78, 5) is 0. The van der Waals surface area contributed by atoms with Gasteiger partial charge in [-0.15, -0.1) is 0 Å². The Balaban J connectivity index is 1.25. The van der Waals surface area contributed by atoms with Crippen LogP contribution in [-0.2, 0) is 16.1 Å². The molecule has 3 unspecified atom stereocenters. The lowest BCUT2D eigenvalue weighted by atomic mass is 9.90. The smallest absolute Gasteiger partial charge is 0.167 e. The maximum Gasteiger partial charge on any atom is 0.167 e. The molecule has 0 bridgehead atoms. The van der Waals surface area contributed by atoms with Crippen LogP contribution in [0.15, 0.2) is 48.5 Å². The minimum Gasteiger partial charge on any atom is -0.389 e. The van der Waals surface area contributed by atoms with E-state index in [0.717, 1.165) is 5.57 Å². The fraction of sp³-hybridized carbons (Fsp3) is 0.310. The van der Waals surface area contributed by atoms with Crippen molar-refractivity contribution in [2.75, 3.05) is 6.61 Å². The minimum atomic E-state index is -1.12. The molecule has 0 aromatic heterocycles. The Bertz CT molecular complexity index is 1360. The van der Waals surface area contributed by atoms with Crippen molar-refractivity contribution in [2.45, 2.75) is 51.1 Å². The van der Waals surface area contributed by atoms with Gasteiger partial charge in [0, 0.05) is 27.8 Å². The third-order valence-electron chi connectivity index (χ3n) is 6.90. The zero-order chi connectivity index (χ0) is 26.3. The molecule has 8 heteroatoms. The SMILES string of the molecule is CC(O)c1ccc(COC2CC=C(c3ccc(-c4ccc(C5CO5)c(F)c4F)c(F)c3)CC2)c(F)c1F. The van der Waals surface area contributed by atoms with Gasteiger partial charge in [0.25, 0.3) is 0 Å². The van der Waals surface area contributed by atoms with E-state index in [2.05, 4.69) is 0 Å². The Labute approximate surface area is 211 Å². The van der Waals surface area contributed by atoms with Crippen LogP contribution in [-0.4, -0.2) is 17.8 Å². The number of epoxide rings is 1. The zero-order valence-electron chi connectivity index (χ0n) is 20.0. The predicted octanol–water partition coefficient (Wildman–Crippen LogP) is 7.33. The maximum absolute atomic E-state index is 15.0. The van der Waals surface area contributed by atoms with Crippen LogP contribution in [0.25, 0.3) is 16.7 Å². The Morgan fingerprint density at radius 1 is 0.946 bits per heavy atom. The Morgan fingerprint density at radius 2 is 1.70 bits per heavy atom. The van der Waals surface area contributed by atoms with Gasteiger partial charge in [-0.25, -0.2) is 22.0 Å². The van der Waals surface area contributed by atoms with E-state index in [1.807, 2.05) is 6.08 Å². The first-order valence-corrected chi connectivity index (χ1v) is 12.1. The van der Waals surface area contributed by atoms with Crippen LogP contribution >= 0.6 is 0 Å². The fourth-order valence-electron chi connectivity index (χ4n) is 4.65. The summed E-state index contributed by atoms with van der Waals surface area (Å²) in [6.07, 6.45) is 1.78. The number of ether oxygens (including phenoxy) is 2. The van der Waals surface area contributed by atoms with Gasteiger partial charge in [0.05, 0.1) is 25.4 Å². The molecule has 1 heterocycles. The average molecular weight is 517 g/mol. The molecule has 3 atom stereocenters. The van der Waals surface area contributed by atoms with Crippen LogP contribution in [0.1, 0.15) is 60.6 Å². The number of hydrogen-bond donors (Lipinski definition) is 1. The van der Waals surface area contributed by atoms with Crippen molar-refractivity contribution in [3.63, 3.8) is 0 Å². The number of aliphatic hydroxyl groups excluding tert-OH is 1. The molecule has 1 fully saturated rings. The van der Waals surface area contributed by atoms with Crippen LogP contribution in [0.4, 0.5) is 22.0 Å². The molecular formula is C29H25F5O3. The predicted molar refractivity (Wildman–Crippen MR) is 128 cm³/mol. The van der Waals surface area contributed by atoms with Crippen LogP contribution in [0.5, 0.6) is 0 Å². The van der Waals surface area contributed by atoms with E-state index in [1.165, 1.54) is 43.3 Å². The van der Waals surface area contributed by atoms with Gasteiger partial charge in [0.1, 0.15) is 11.9 Å². The summed E-state index contributed by atoms with van der Waals surface area (Å²) >= 11 is 0. The summed E-state index contributed by atoms with van der Waals surface area (Å²) in [5, 5.41) is 9.51. The van der Waals surface area contributed by atoms with Crippen LogP contribution in [0.3, 0.4) is 0 Å². The van der Waals surface area contributed by atoms with E-state index in [4.69, 9.17) is 9.47 Å². The molecule has 3 aromatic rings.